The van der Waals surface area contributed by atoms with E-state index in [1.165, 1.54) is 11.8 Å². The molecule has 1 aliphatic rings. The smallest absolute Gasteiger partial charge is 0.234 e. The van der Waals surface area contributed by atoms with Gasteiger partial charge in [-0.25, -0.2) is 0 Å². The summed E-state index contributed by atoms with van der Waals surface area (Å²) in [4.78, 5) is 30.8. The molecule has 1 aliphatic heterocycles. The van der Waals surface area contributed by atoms with Crippen LogP contribution in [0, 0.1) is 6.92 Å². The van der Waals surface area contributed by atoms with Crippen LogP contribution in [0.15, 0.2) is 48.8 Å². The number of nitrogens with one attached hydrogen (secondary N) is 2. The first-order valence-corrected chi connectivity index (χ1v) is 10.1. The number of anilines is 1. The molecule has 1 fully saturated rings. The van der Waals surface area contributed by atoms with E-state index >= 15 is 0 Å². The van der Waals surface area contributed by atoms with E-state index in [1.54, 1.807) is 12.4 Å². The van der Waals surface area contributed by atoms with Crippen LogP contribution in [0.1, 0.15) is 17.2 Å². The van der Waals surface area contributed by atoms with Crippen molar-refractivity contribution in [3.8, 4) is 0 Å². The monoisotopic (exact) mass is 420 g/mol. The van der Waals surface area contributed by atoms with E-state index in [-0.39, 0.29) is 41.8 Å². The number of hydrogen-bond donors (Lipinski definition) is 2. The molecular weight excluding hydrogens is 396 g/mol. The number of nitrogens with zero attached hydrogens (tertiary/aromatic N) is 2. The molecular formula is C20H25ClN4O2S. The van der Waals surface area contributed by atoms with Crippen molar-refractivity contribution in [3.05, 3.63) is 59.9 Å². The standard InChI is InChI=1S/C20H24N4O2S.ClH/c1-15-4-6-17(7-5-15)23-19(25)13-27-14-20(26)24-10-9-22-12-18(24)16-3-2-8-21-11-16;/h2-8,11,18,22H,9-10,12-14H2,1H3,(H,23,25);1H. The molecule has 1 aromatic carbocycles. The number of halogens is 1. The normalized spacial score (nSPS) is 16.2. The number of aryl methyl sites for hydroxylation is 1. The van der Waals surface area contributed by atoms with Crippen LogP contribution < -0.4 is 10.6 Å². The number of carbonyl (C=O) groups excluding carboxylic acids is 2. The lowest BCUT2D eigenvalue weighted by molar-refractivity contribution is -0.131. The lowest BCUT2D eigenvalue weighted by atomic mass is 10.1. The van der Waals surface area contributed by atoms with Crippen LogP contribution in [0.4, 0.5) is 5.69 Å². The Labute approximate surface area is 175 Å². The summed E-state index contributed by atoms with van der Waals surface area (Å²) < 4.78 is 0. The first-order chi connectivity index (χ1) is 13.1. The van der Waals surface area contributed by atoms with Gasteiger partial charge in [-0.3, -0.25) is 14.6 Å². The second-order valence-electron chi connectivity index (χ2n) is 6.50. The molecule has 2 amide bonds. The number of hydrogen-bond acceptors (Lipinski definition) is 5. The zero-order valence-corrected chi connectivity index (χ0v) is 17.4. The molecule has 3 rings (SSSR count). The second kappa shape index (κ2) is 11.0. The molecule has 28 heavy (non-hydrogen) atoms. The van der Waals surface area contributed by atoms with Crippen LogP contribution in [0.25, 0.3) is 0 Å². The molecule has 2 aromatic rings. The van der Waals surface area contributed by atoms with E-state index in [2.05, 4.69) is 15.6 Å². The Bertz CT molecular complexity index is 774. The number of thioether (sulfide) groups is 1. The van der Waals surface area contributed by atoms with Crippen LogP contribution in [-0.4, -0.2) is 52.8 Å². The van der Waals surface area contributed by atoms with Crippen molar-refractivity contribution in [3.63, 3.8) is 0 Å². The average Bonchev–Trinajstić information content (AvgIpc) is 2.70. The lowest BCUT2D eigenvalue weighted by Crippen LogP contribution is -2.49. The highest BCUT2D eigenvalue weighted by Gasteiger charge is 2.27. The predicted octanol–water partition coefficient (Wildman–Crippen LogP) is 2.66. The van der Waals surface area contributed by atoms with Crippen molar-refractivity contribution in [1.29, 1.82) is 0 Å². The summed E-state index contributed by atoms with van der Waals surface area (Å²) in [5.74, 6) is 0.501. The fraction of sp³-hybridized carbons (Fsp3) is 0.350. The van der Waals surface area contributed by atoms with E-state index < -0.39 is 0 Å². The van der Waals surface area contributed by atoms with Gasteiger partial charge in [0.1, 0.15) is 0 Å². The van der Waals surface area contributed by atoms with Crippen LogP contribution in [0.2, 0.25) is 0 Å². The zero-order valence-electron chi connectivity index (χ0n) is 15.8. The molecule has 150 valence electrons. The van der Waals surface area contributed by atoms with Gasteiger partial charge in [0.2, 0.25) is 11.8 Å². The van der Waals surface area contributed by atoms with Crippen molar-refractivity contribution in [2.24, 2.45) is 0 Å². The summed E-state index contributed by atoms with van der Waals surface area (Å²) in [6.45, 7) is 4.16. The van der Waals surface area contributed by atoms with E-state index in [9.17, 15) is 9.59 Å². The third kappa shape index (κ3) is 6.22. The molecule has 1 aromatic heterocycles. The minimum atomic E-state index is -0.0965. The molecule has 0 spiro atoms. The maximum atomic E-state index is 12.7. The van der Waals surface area contributed by atoms with Gasteiger partial charge >= 0.3 is 0 Å². The van der Waals surface area contributed by atoms with Crippen molar-refractivity contribution < 1.29 is 9.59 Å². The molecule has 1 unspecified atom stereocenters. The summed E-state index contributed by atoms with van der Waals surface area (Å²) in [6.07, 6.45) is 3.54. The summed E-state index contributed by atoms with van der Waals surface area (Å²) in [7, 11) is 0. The van der Waals surface area contributed by atoms with E-state index in [4.69, 9.17) is 0 Å². The van der Waals surface area contributed by atoms with Crippen LogP contribution in [0.3, 0.4) is 0 Å². The third-order valence-corrected chi connectivity index (χ3v) is 5.34. The summed E-state index contributed by atoms with van der Waals surface area (Å²) in [6, 6.07) is 11.5. The quantitative estimate of drug-likeness (QED) is 0.751. The second-order valence-corrected chi connectivity index (χ2v) is 7.49. The molecule has 0 aliphatic carbocycles. The third-order valence-electron chi connectivity index (χ3n) is 4.43. The molecule has 2 heterocycles. The Balaban J connectivity index is 0.00000280. The highest BCUT2D eigenvalue weighted by atomic mass is 35.5. The fourth-order valence-electron chi connectivity index (χ4n) is 3.02. The molecule has 0 saturated carbocycles. The number of amides is 2. The maximum absolute atomic E-state index is 12.7. The first-order valence-electron chi connectivity index (χ1n) is 8.98. The average molecular weight is 421 g/mol. The van der Waals surface area contributed by atoms with Gasteiger partial charge < -0.3 is 15.5 Å². The molecule has 1 saturated heterocycles. The van der Waals surface area contributed by atoms with Crippen molar-refractivity contribution in [2.75, 3.05) is 36.5 Å². The summed E-state index contributed by atoms with van der Waals surface area (Å²) in [5.41, 5.74) is 2.95. The molecule has 1 atom stereocenters. The van der Waals surface area contributed by atoms with Gasteiger partial charge in [0.25, 0.3) is 0 Å². The zero-order chi connectivity index (χ0) is 19.1. The Morgan fingerprint density at radius 2 is 2.04 bits per heavy atom. The number of piperazine rings is 1. The largest absolute Gasteiger partial charge is 0.332 e. The van der Waals surface area contributed by atoms with E-state index in [1.807, 2.05) is 48.2 Å². The van der Waals surface area contributed by atoms with Gasteiger partial charge in [-0.2, -0.15) is 0 Å². The number of carbonyl (C=O) groups is 2. The van der Waals surface area contributed by atoms with E-state index in [0.29, 0.717) is 6.54 Å². The van der Waals surface area contributed by atoms with Crippen LogP contribution in [0.5, 0.6) is 0 Å². The van der Waals surface area contributed by atoms with Crippen molar-refractivity contribution >= 4 is 41.7 Å². The molecule has 0 bridgehead atoms. The SMILES string of the molecule is Cc1ccc(NC(=O)CSCC(=O)N2CCNCC2c2cccnc2)cc1.Cl. The maximum Gasteiger partial charge on any atom is 0.234 e. The first kappa shape index (κ1) is 22.2. The van der Waals surface area contributed by atoms with Gasteiger partial charge in [-0.1, -0.05) is 23.8 Å². The minimum absolute atomic E-state index is 0. The van der Waals surface area contributed by atoms with Gasteiger partial charge in [0, 0.05) is 37.7 Å². The molecule has 6 nitrogen and oxygen atoms in total. The van der Waals surface area contributed by atoms with Crippen molar-refractivity contribution in [1.82, 2.24) is 15.2 Å². The van der Waals surface area contributed by atoms with Gasteiger partial charge in [-0.15, -0.1) is 24.2 Å². The highest BCUT2D eigenvalue weighted by Crippen LogP contribution is 2.22. The van der Waals surface area contributed by atoms with Crippen molar-refractivity contribution in [2.45, 2.75) is 13.0 Å². The molecule has 8 heteroatoms. The van der Waals surface area contributed by atoms with Gasteiger partial charge in [-0.05, 0) is 30.7 Å². The van der Waals surface area contributed by atoms with Gasteiger partial charge in [0.05, 0.1) is 17.5 Å². The number of aromatic nitrogens is 1. The van der Waals surface area contributed by atoms with Crippen LogP contribution >= 0.6 is 24.2 Å². The fourth-order valence-corrected chi connectivity index (χ4v) is 3.72. The number of pyridine rings is 1. The highest BCUT2D eigenvalue weighted by molar-refractivity contribution is 8.00. The van der Waals surface area contributed by atoms with E-state index in [0.717, 1.165) is 29.9 Å². The Hall–Kier alpha value is -2.09. The lowest BCUT2D eigenvalue weighted by Gasteiger charge is -2.36. The number of rotatable bonds is 6. The molecule has 2 N–H and O–H groups in total. The minimum Gasteiger partial charge on any atom is -0.332 e. The topological polar surface area (TPSA) is 74.3 Å². The van der Waals surface area contributed by atoms with Crippen LogP contribution in [-0.2, 0) is 9.59 Å². The van der Waals surface area contributed by atoms with Gasteiger partial charge in [0.15, 0.2) is 0 Å². The Morgan fingerprint density at radius 3 is 2.75 bits per heavy atom. The summed E-state index contributed by atoms with van der Waals surface area (Å²) in [5, 5.41) is 6.19. The molecule has 0 radical (unpaired) electrons. The Kier molecular flexibility index (Phi) is 8.76. The summed E-state index contributed by atoms with van der Waals surface area (Å²) >= 11 is 1.34. The predicted molar refractivity (Wildman–Crippen MR) is 116 cm³/mol. The number of benzene rings is 1. The Morgan fingerprint density at radius 1 is 1.25 bits per heavy atom.